The van der Waals surface area contributed by atoms with Crippen molar-refractivity contribution < 1.29 is 8.42 Å². The van der Waals surface area contributed by atoms with E-state index in [-0.39, 0.29) is 11.0 Å². The fourth-order valence-electron chi connectivity index (χ4n) is 3.29. The molecule has 1 aromatic carbocycles. The highest BCUT2D eigenvalue weighted by Gasteiger charge is 2.28. The van der Waals surface area contributed by atoms with Gasteiger partial charge in [-0.2, -0.15) is 0 Å². The summed E-state index contributed by atoms with van der Waals surface area (Å²) >= 11 is 0. The molecule has 104 valence electrons. The summed E-state index contributed by atoms with van der Waals surface area (Å²) < 4.78 is 25.0. The Labute approximate surface area is 115 Å². The number of nitrogens with one attached hydrogen (secondary N) is 1. The van der Waals surface area contributed by atoms with Gasteiger partial charge in [0.2, 0.25) is 0 Å². The molecule has 1 fully saturated rings. The predicted molar refractivity (Wildman–Crippen MR) is 77.0 cm³/mol. The third-order valence-electron chi connectivity index (χ3n) is 4.36. The molecule has 1 N–H and O–H groups in total. The summed E-state index contributed by atoms with van der Waals surface area (Å²) in [6, 6.07) is 6.15. The number of aryl methyl sites for hydroxylation is 1. The number of hydrogen-bond acceptors (Lipinski definition) is 3. The van der Waals surface area contributed by atoms with Crippen LogP contribution in [0.1, 0.15) is 36.0 Å². The molecule has 1 aromatic rings. The zero-order valence-corrected chi connectivity index (χ0v) is 12.0. The summed E-state index contributed by atoms with van der Waals surface area (Å²) in [6.07, 6.45) is 5.09. The van der Waals surface area contributed by atoms with Crippen molar-refractivity contribution in [3.05, 3.63) is 34.9 Å². The van der Waals surface area contributed by atoms with Gasteiger partial charge in [-0.05, 0) is 55.3 Å². The van der Waals surface area contributed by atoms with Crippen LogP contribution in [0.2, 0.25) is 0 Å². The van der Waals surface area contributed by atoms with E-state index in [4.69, 9.17) is 0 Å². The lowest BCUT2D eigenvalue weighted by Gasteiger charge is -2.23. The van der Waals surface area contributed by atoms with Gasteiger partial charge in [-0.3, -0.25) is 0 Å². The van der Waals surface area contributed by atoms with E-state index in [1.807, 2.05) is 12.1 Å². The smallest absolute Gasteiger partial charge is 0.158 e. The summed E-state index contributed by atoms with van der Waals surface area (Å²) in [4.78, 5) is 0. The summed E-state index contributed by atoms with van der Waals surface area (Å²) in [5.41, 5.74) is 3.70. The fourth-order valence-corrected chi connectivity index (χ4v) is 5.13. The molecule has 1 unspecified atom stereocenters. The molecule has 1 saturated heterocycles. The van der Waals surface area contributed by atoms with Gasteiger partial charge < -0.3 is 5.32 Å². The first-order valence-electron chi connectivity index (χ1n) is 7.19. The zero-order chi connectivity index (χ0) is 13.3. The molecule has 0 amide bonds. The molecule has 4 heteroatoms. The predicted octanol–water partition coefficient (Wildman–Crippen LogP) is 1.84. The number of piperidine rings is 1. The Morgan fingerprint density at radius 3 is 2.89 bits per heavy atom. The first-order valence-corrected chi connectivity index (χ1v) is 8.90. The van der Waals surface area contributed by atoms with Crippen LogP contribution in [0.15, 0.2) is 18.2 Å². The molecular weight excluding hydrogens is 258 g/mol. The Hall–Kier alpha value is -0.870. The van der Waals surface area contributed by atoms with Gasteiger partial charge in [0.25, 0.3) is 0 Å². The number of fused-ring (bicyclic) bond motifs is 1. The SMILES string of the molecule is O=S(=O)(Cc1cccc2c1CCC2)C1CCCNC1. The molecule has 1 atom stereocenters. The molecule has 0 radical (unpaired) electrons. The first-order chi connectivity index (χ1) is 9.17. The Morgan fingerprint density at radius 2 is 2.11 bits per heavy atom. The number of hydrogen-bond donors (Lipinski definition) is 1. The minimum Gasteiger partial charge on any atom is -0.315 e. The van der Waals surface area contributed by atoms with Crippen molar-refractivity contribution in [3.63, 3.8) is 0 Å². The highest BCUT2D eigenvalue weighted by Crippen LogP contribution is 2.27. The van der Waals surface area contributed by atoms with Crippen LogP contribution in [0.3, 0.4) is 0 Å². The standard InChI is InChI=1S/C15H21NO2S/c17-19(18,14-7-3-9-16-10-14)11-13-6-1-4-12-5-2-8-15(12)13/h1,4,6,14,16H,2-3,5,7-11H2. The van der Waals surface area contributed by atoms with Gasteiger partial charge >= 0.3 is 0 Å². The van der Waals surface area contributed by atoms with Crippen molar-refractivity contribution in [2.75, 3.05) is 13.1 Å². The minimum absolute atomic E-state index is 0.196. The molecule has 1 heterocycles. The van der Waals surface area contributed by atoms with Crippen LogP contribution in [0.4, 0.5) is 0 Å². The van der Waals surface area contributed by atoms with Crippen LogP contribution in [-0.2, 0) is 28.4 Å². The molecule has 1 aliphatic heterocycles. The maximum Gasteiger partial charge on any atom is 0.158 e. The highest BCUT2D eigenvalue weighted by atomic mass is 32.2. The minimum atomic E-state index is -3.02. The van der Waals surface area contributed by atoms with Gasteiger partial charge in [-0.25, -0.2) is 8.42 Å². The van der Waals surface area contributed by atoms with Crippen LogP contribution in [0.25, 0.3) is 0 Å². The molecule has 3 nitrogen and oxygen atoms in total. The Bertz CT molecular complexity index is 560. The van der Waals surface area contributed by atoms with E-state index in [1.165, 1.54) is 11.1 Å². The quantitative estimate of drug-likeness (QED) is 0.918. The molecule has 0 bridgehead atoms. The van der Waals surface area contributed by atoms with Crippen LogP contribution in [-0.4, -0.2) is 26.8 Å². The maximum absolute atomic E-state index is 12.5. The van der Waals surface area contributed by atoms with E-state index < -0.39 is 9.84 Å². The Balaban J connectivity index is 1.83. The second-order valence-corrected chi connectivity index (χ2v) is 7.96. The van der Waals surface area contributed by atoms with Gasteiger partial charge in [0.1, 0.15) is 0 Å². The van der Waals surface area contributed by atoms with Gasteiger partial charge in [0.05, 0.1) is 11.0 Å². The van der Waals surface area contributed by atoms with Crippen molar-refractivity contribution in [2.45, 2.75) is 43.1 Å². The van der Waals surface area contributed by atoms with Gasteiger partial charge in [0, 0.05) is 6.54 Å². The molecule has 3 rings (SSSR count). The van der Waals surface area contributed by atoms with Gasteiger partial charge in [-0.1, -0.05) is 18.2 Å². The van der Waals surface area contributed by atoms with E-state index in [2.05, 4.69) is 11.4 Å². The van der Waals surface area contributed by atoms with Crippen molar-refractivity contribution in [1.82, 2.24) is 5.32 Å². The third kappa shape index (κ3) is 2.70. The summed E-state index contributed by atoms with van der Waals surface area (Å²) in [6.45, 7) is 1.57. The highest BCUT2D eigenvalue weighted by molar-refractivity contribution is 7.91. The van der Waals surface area contributed by atoms with Crippen LogP contribution >= 0.6 is 0 Å². The van der Waals surface area contributed by atoms with E-state index in [0.29, 0.717) is 6.54 Å². The zero-order valence-electron chi connectivity index (χ0n) is 11.2. The lowest BCUT2D eigenvalue weighted by molar-refractivity contribution is 0.496. The van der Waals surface area contributed by atoms with Crippen LogP contribution in [0.5, 0.6) is 0 Å². The Kier molecular flexibility index (Phi) is 3.63. The summed E-state index contributed by atoms with van der Waals surface area (Å²) in [5.74, 6) is 0.225. The van der Waals surface area contributed by atoms with E-state index in [0.717, 1.165) is 44.2 Å². The maximum atomic E-state index is 12.5. The van der Waals surface area contributed by atoms with Crippen molar-refractivity contribution >= 4 is 9.84 Å². The van der Waals surface area contributed by atoms with Crippen LogP contribution in [0, 0.1) is 0 Å². The number of rotatable bonds is 3. The van der Waals surface area contributed by atoms with E-state index in [1.54, 1.807) is 0 Å². The molecule has 19 heavy (non-hydrogen) atoms. The summed E-state index contributed by atoms with van der Waals surface area (Å²) in [5, 5.41) is 3.00. The molecule has 1 aliphatic carbocycles. The molecule has 0 spiro atoms. The number of sulfone groups is 1. The average molecular weight is 279 g/mol. The molecular formula is C15H21NO2S. The topological polar surface area (TPSA) is 46.2 Å². The molecule has 0 aromatic heterocycles. The average Bonchev–Trinajstić information content (AvgIpc) is 2.89. The van der Waals surface area contributed by atoms with Crippen molar-refractivity contribution in [3.8, 4) is 0 Å². The summed E-state index contributed by atoms with van der Waals surface area (Å²) in [7, 11) is -3.02. The van der Waals surface area contributed by atoms with Crippen molar-refractivity contribution in [1.29, 1.82) is 0 Å². The largest absolute Gasteiger partial charge is 0.315 e. The third-order valence-corrected chi connectivity index (χ3v) is 6.49. The molecule has 0 saturated carbocycles. The number of benzene rings is 1. The first kappa shape index (κ1) is 13.1. The molecule has 2 aliphatic rings. The lowest BCUT2D eigenvalue weighted by Crippen LogP contribution is -2.39. The van der Waals surface area contributed by atoms with Gasteiger partial charge in [-0.15, -0.1) is 0 Å². The second kappa shape index (κ2) is 5.25. The van der Waals surface area contributed by atoms with Gasteiger partial charge in [0.15, 0.2) is 9.84 Å². The van der Waals surface area contributed by atoms with E-state index in [9.17, 15) is 8.42 Å². The monoisotopic (exact) mass is 279 g/mol. The van der Waals surface area contributed by atoms with Crippen molar-refractivity contribution in [2.24, 2.45) is 0 Å². The normalized spacial score (nSPS) is 23.3. The second-order valence-electron chi connectivity index (χ2n) is 5.68. The van der Waals surface area contributed by atoms with E-state index >= 15 is 0 Å². The lowest BCUT2D eigenvalue weighted by atomic mass is 10.1. The van der Waals surface area contributed by atoms with Crippen LogP contribution < -0.4 is 5.32 Å². The Morgan fingerprint density at radius 1 is 1.21 bits per heavy atom. The fraction of sp³-hybridized carbons (Fsp3) is 0.600.